The topological polar surface area (TPSA) is 83.5 Å². The van der Waals surface area contributed by atoms with E-state index in [4.69, 9.17) is 23.7 Å². The number of benzene rings is 2. The van der Waals surface area contributed by atoms with Crippen molar-refractivity contribution in [3.63, 3.8) is 0 Å². The van der Waals surface area contributed by atoms with Crippen molar-refractivity contribution in [3.05, 3.63) is 36.4 Å². The van der Waals surface area contributed by atoms with Gasteiger partial charge in [-0.15, -0.1) is 0 Å². The zero-order chi connectivity index (χ0) is 29.9. The number of carbonyl (C=O) groups is 1. The highest BCUT2D eigenvalue weighted by atomic mass is 31.1. The number of rotatable bonds is 23. The van der Waals surface area contributed by atoms with Crippen LogP contribution in [0.25, 0.3) is 10.8 Å². The first-order valence-corrected chi connectivity index (χ1v) is 16.3. The quantitative estimate of drug-likeness (QED) is 0.0641. The van der Waals surface area contributed by atoms with E-state index in [-0.39, 0.29) is 13.2 Å². The monoisotopic (exact) mass is 594 g/mol. The molecular formula is C32H53NO7P+. The Kier molecular flexibility index (Phi) is 17.2. The molecule has 9 heteroatoms. The molecule has 0 aliphatic heterocycles. The van der Waals surface area contributed by atoms with E-state index in [1.807, 2.05) is 57.5 Å². The van der Waals surface area contributed by atoms with Crippen LogP contribution in [0.4, 0.5) is 0 Å². The molecule has 0 radical (unpaired) electrons. The van der Waals surface area contributed by atoms with Crippen LogP contribution in [0.1, 0.15) is 78.1 Å². The number of hydrogen-bond acceptors (Lipinski definition) is 7. The highest BCUT2D eigenvalue weighted by molar-refractivity contribution is 7.31. The molecule has 3 atom stereocenters. The Labute approximate surface area is 249 Å². The maximum atomic E-state index is 11.6. The number of fused-ring (bicyclic) bond motifs is 1. The van der Waals surface area contributed by atoms with Crippen LogP contribution in [0, 0.1) is 0 Å². The first-order chi connectivity index (χ1) is 19.7. The molecule has 0 aliphatic carbocycles. The molecular weight excluding hydrogens is 541 g/mol. The predicted molar refractivity (Wildman–Crippen MR) is 167 cm³/mol. The maximum absolute atomic E-state index is 11.6. The van der Waals surface area contributed by atoms with Gasteiger partial charge in [-0.1, -0.05) is 76.8 Å². The summed E-state index contributed by atoms with van der Waals surface area (Å²) in [4.78, 5) is 11.6. The van der Waals surface area contributed by atoms with Crippen molar-refractivity contribution in [3.8, 4) is 11.5 Å². The third-order valence-corrected chi connectivity index (χ3v) is 7.75. The van der Waals surface area contributed by atoms with E-state index in [9.17, 15) is 9.90 Å². The molecule has 2 aromatic carbocycles. The lowest BCUT2D eigenvalue weighted by atomic mass is 10.1. The molecule has 41 heavy (non-hydrogen) atoms. The number of unbranched alkanes of at least 4 members (excludes halogenated alkanes) is 9. The minimum Gasteiger partial charge on any atom is -0.494 e. The van der Waals surface area contributed by atoms with Gasteiger partial charge in [0.25, 0.3) is 6.48 Å². The van der Waals surface area contributed by atoms with Gasteiger partial charge in [0.2, 0.25) is 0 Å². The Hall–Kier alpha value is -1.96. The average molecular weight is 595 g/mol. The Morgan fingerprint density at radius 1 is 0.805 bits per heavy atom. The molecule has 0 bridgehead atoms. The minimum absolute atomic E-state index is 0.0540. The third kappa shape index (κ3) is 16.9. The summed E-state index contributed by atoms with van der Waals surface area (Å²) in [6.07, 6.45) is 12.8. The fraction of sp³-hybridized carbons (Fsp3) is 0.656. The van der Waals surface area contributed by atoms with Gasteiger partial charge in [-0.05, 0) is 41.5 Å². The van der Waals surface area contributed by atoms with Gasteiger partial charge < -0.3 is 33.0 Å². The van der Waals surface area contributed by atoms with Crippen molar-refractivity contribution in [2.24, 2.45) is 0 Å². The zero-order valence-corrected chi connectivity index (χ0v) is 26.9. The first kappa shape index (κ1) is 35.2. The van der Waals surface area contributed by atoms with Crippen LogP contribution in [-0.4, -0.2) is 75.2 Å². The maximum Gasteiger partial charge on any atom is 0.303 e. The number of nitrogens with zero attached hydrogens (tertiary/aromatic N) is 1. The minimum atomic E-state index is -1.39. The highest BCUT2D eigenvalue weighted by Gasteiger charge is 2.18. The van der Waals surface area contributed by atoms with Crippen molar-refractivity contribution < 1.29 is 37.8 Å². The largest absolute Gasteiger partial charge is 0.494 e. The summed E-state index contributed by atoms with van der Waals surface area (Å²) in [7, 11) is 6.59. The number of aliphatic hydroxyl groups is 1. The van der Waals surface area contributed by atoms with Crippen LogP contribution in [0.15, 0.2) is 36.4 Å². The lowest BCUT2D eigenvalue weighted by Crippen LogP contribution is -2.32. The molecule has 0 spiro atoms. The standard InChI is InChI=1S/C32H53NO7P/c1-6-7-8-9-10-11-12-13-14-15-20-36-29-18-16-28-22-30(19-17-27(28)21-29)37-23-31(40-26(2)34)24-38-32(35)39-25-41-33(3,4)5/h16-19,21-22,31-32,35,41H,6-15,20,23-25H2,1-5H3/q+1. The van der Waals surface area contributed by atoms with Crippen molar-refractivity contribution in [2.45, 2.75) is 90.6 Å². The SMILES string of the molecule is CCCCCCCCCCCCOc1ccc2cc(OCC(COC(O)OCP[N+](C)(C)C)OC(C)=O)ccc2c1. The second-order valence-electron chi connectivity index (χ2n) is 11.4. The fourth-order valence-electron chi connectivity index (χ4n) is 4.24. The predicted octanol–water partition coefficient (Wildman–Crippen LogP) is 7.02. The second kappa shape index (κ2) is 20.0. The number of ether oxygens (including phenoxy) is 5. The van der Waals surface area contributed by atoms with E-state index in [2.05, 4.69) is 6.92 Å². The van der Waals surface area contributed by atoms with Crippen molar-refractivity contribution in [2.75, 3.05) is 47.3 Å². The molecule has 2 rings (SSSR count). The van der Waals surface area contributed by atoms with Crippen LogP contribution in [0.2, 0.25) is 0 Å². The lowest BCUT2D eigenvalue weighted by molar-refractivity contribution is -0.736. The number of quaternary nitrogens is 1. The lowest BCUT2D eigenvalue weighted by Gasteiger charge is -2.24. The molecule has 2 aromatic rings. The molecule has 0 fully saturated rings. The van der Waals surface area contributed by atoms with Crippen LogP contribution < -0.4 is 9.47 Å². The van der Waals surface area contributed by atoms with Gasteiger partial charge in [0.15, 0.2) is 6.10 Å². The smallest absolute Gasteiger partial charge is 0.303 e. The molecule has 3 unspecified atom stereocenters. The van der Waals surface area contributed by atoms with E-state index in [1.165, 1.54) is 64.7 Å². The van der Waals surface area contributed by atoms with Gasteiger partial charge in [-0.25, -0.2) is 0 Å². The zero-order valence-electron chi connectivity index (χ0n) is 25.9. The summed E-state index contributed by atoms with van der Waals surface area (Å²) in [6, 6.07) is 11.9. The molecule has 1 N–H and O–H groups in total. The molecule has 0 aliphatic rings. The molecule has 0 heterocycles. The number of carbonyl (C=O) groups excluding carboxylic acids is 1. The summed E-state index contributed by atoms with van der Waals surface area (Å²) >= 11 is 0. The average Bonchev–Trinajstić information content (AvgIpc) is 2.92. The molecule has 0 amide bonds. The number of hydrogen-bond donors (Lipinski definition) is 1. The molecule has 8 nitrogen and oxygen atoms in total. The highest BCUT2D eigenvalue weighted by Crippen LogP contribution is 2.26. The first-order valence-electron chi connectivity index (χ1n) is 15.1. The second-order valence-corrected chi connectivity index (χ2v) is 13.3. The van der Waals surface area contributed by atoms with E-state index in [0.717, 1.165) is 33.8 Å². The fourth-order valence-corrected chi connectivity index (χ4v) is 4.85. The van der Waals surface area contributed by atoms with E-state index in [0.29, 0.717) is 20.8 Å². The van der Waals surface area contributed by atoms with Gasteiger partial charge in [0.1, 0.15) is 33.2 Å². The van der Waals surface area contributed by atoms with Gasteiger partial charge in [-0.2, -0.15) is 0 Å². The van der Waals surface area contributed by atoms with Crippen LogP contribution in [-0.2, 0) is 19.0 Å². The molecule has 232 valence electrons. The Bertz CT molecular complexity index is 998. The normalized spacial score (nSPS) is 13.5. The van der Waals surface area contributed by atoms with Crippen molar-refractivity contribution in [1.82, 2.24) is 0 Å². The molecule has 0 saturated carbocycles. The van der Waals surface area contributed by atoms with Crippen LogP contribution in [0.3, 0.4) is 0 Å². The van der Waals surface area contributed by atoms with Gasteiger partial charge in [-0.3, -0.25) is 4.79 Å². The van der Waals surface area contributed by atoms with Crippen molar-refractivity contribution >= 4 is 25.5 Å². The summed E-state index contributed by atoms with van der Waals surface area (Å²) in [5.41, 5.74) is 0. The molecule has 0 saturated heterocycles. The summed E-state index contributed by atoms with van der Waals surface area (Å²) in [5, 5.41) is 12.0. The van der Waals surface area contributed by atoms with Gasteiger partial charge in [0, 0.05) is 6.92 Å². The van der Waals surface area contributed by atoms with Gasteiger partial charge in [0.05, 0.1) is 34.4 Å². The third-order valence-electron chi connectivity index (χ3n) is 6.51. The Morgan fingerprint density at radius 2 is 1.37 bits per heavy atom. The van der Waals surface area contributed by atoms with Gasteiger partial charge >= 0.3 is 5.97 Å². The Morgan fingerprint density at radius 3 is 1.93 bits per heavy atom. The van der Waals surface area contributed by atoms with Crippen LogP contribution in [0.5, 0.6) is 11.5 Å². The summed E-state index contributed by atoms with van der Waals surface area (Å²) in [5.74, 6) is 1.07. The van der Waals surface area contributed by atoms with E-state index >= 15 is 0 Å². The molecule has 0 aromatic heterocycles. The van der Waals surface area contributed by atoms with Crippen LogP contribution >= 0.6 is 8.73 Å². The number of aliphatic hydroxyl groups excluding tert-OH is 1. The number of esters is 1. The Balaban J connectivity index is 1.72. The summed E-state index contributed by atoms with van der Waals surface area (Å²) in [6.45, 7) is 2.96. The van der Waals surface area contributed by atoms with E-state index < -0.39 is 18.5 Å². The van der Waals surface area contributed by atoms with E-state index in [1.54, 1.807) is 0 Å². The van der Waals surface area contributed by atoms with Crippen molar-refractivity contribution in [1.29, 1.82) is 0 Å². The summed E-state index contributed by atoms with van der Waals surface area (Å²) < 4.78 is 28.6.